The number of aryl methyl sites for hydroxylation is 1. The molecule has 0 saturated carbocycles. The third-order valence-electron chi connectivity index (χ3n) is 7.50. The van der Waals surface area contributed by atoms with Crippen molar-refractivity contribution >= 4 is 46.4 Å². The first-order chi connectivity index (χ1) is 15.8. The van der Waals surface area contributed by atoms with E-state index in [1.54, 1.807) is 6.07 Å². The van der Waals surface area contributed by atoms with Crippen LogP contribution in [-0.2, 0) is 19.9 Å². The molecule has 1 N–H and O–H groups in total. The number of imide groups is 1. The molecule has 6 rings (SSSR count). The lowest BCUT2D eigenvalue weighted by molar-refractivity contribution is -0.384. The first kappa shape index (κ1) is 20.3. The van der Waals surface area contributed by atoms with Crippen LogP contribution in [0.15, 0.2) is 36.4 Å². The van der Waals surface area contributed by atoms with E-state index in [4.69, 9.17) is 11.6 Å². The molecule has 4 unspecified atom stereocenters. The molecule has 3 amide bonds. The van der Waals surface area contributed by atoms with Gasteiger partial charge in [-0.05, 0) is 44.0 Å². The summed E-state index contributed by atoms with van der Waals surface area (Å²) >= 11 is 6.47. The summed E-state index contributed by atoms with van der Waals surface area (Å²) in [5.41, 5.74) is 0.551. The van der Waals surface area contributed by atoms with Gasteiger partial charge in [0.2, 0.25) is 11.8 Å². The molecule has 0 bridgehead atoms. The highest BCUT2D eigenvalue weighted by Gasteiger charge is 2.74. The average molecular weight is 467 g/mol. The monoisotopic (exact) mass is 466 g/mol. The molecule has 4 heterocycles. The Hall–Kier alpha value is -3.30. The number of carbonyl (C=O) groups excluding carboxylic acids is 3. The lowest BCUT2D eigenvalue weighted by Crippen LogP contribution is -2.54. The van der Waals surface area contributed by atoms with Crippen molar-refractivity contribution in [1.82, 2.24) is 4.90 Å². The van der Waals surface area contributed by atoms with Gasteiger partial charge in [0.1, 0.15) is 5.54 Å². The fourth-order valence-electron chi connectivity index (χ4n) is 6.40. The Morgan fingerprint density at radius 3 is 2.73 bits per heavy atom. The Kier molecular flexibility index (Phi) is 4.07. The summed E-state index contributed by atoms with van der Waals surface area (Å²) in [5, 5.41) is 14.5. The van der Waals surface area contributed by atoms with Gasteiger partial charge in [-0.3, -0.25) is 29.4 Å². The van der Waals surface area contributed by atoms with Crippen molar-refractivity contribution in [3.8, 4) is 0 Å². The number of anilines is 2. The maximum atomic E-state index is 13.9. The second-order valence-corrected chi connectivity index (χ2v) is 9.49. The van der Waals surface area contributed by atoms with E-state index in [0.29, 0.717) is 29.2 Å². The van der Waals surface area contributed by atoms with Gasteiger partial charge in [0.05, 0.1) is 33.2 Å². The second kappa shape index (κ2) is 6.61. The Balaban J connectivity index is 1.55. The standard InChI is InChI=1S/C23H19ClN4O5/c1-11-8-14-19(15(24)9-11)25-22(31)23(14)18-17(16-6-3-7-26(16)23)20(29)27(21(18)30)12-4-2-5-13(10-12)28(32)33/h2,4-5,8-10,16-18H,3,6-7H2,1H3,(H,25,31). The van der Waals surface area contributed by atoms with Crippen molar-refractivity contribution in [2.24, 2.45) is 11.8 Å². The lowest BCUT2D eigenvalue weighted by atomic mass is 9.75. The van der Waals surface area contributed by atoms with Crippen LogP contribution in [0, 0.1) is 28.9 Å². The van der Waals surface area contributed by atoms with Crippen molar-refractivity contribution in [3.05, 3.63) is 62.7 Å². The molecule has 0 aliphatic carbocycles. The van der Waals surface area contributed by atoms with E-state index >= 15 is 0 Å². The number of rotatable bonds is 2. The van der Waals surface area contributed by atoms with Gasteiger partial charge in [-0.15, -0.1) is 0 Å². The minimum absolute atomic E-state index is 0.147. The van der Waals surface area contributed by atoms with Gasteiger partial charge in [-0.2, -0.15) is 0 Å². The molecule has 3 saturated heterocycles. The van der Waals surface area contributed by atoms with Gasteiger partial charge in [-0.25, -0.2) is 4.90 Å². The van der Waals surface area contributed by atoms with Gasteiger partial charge in [0.15, 0.2) is 0 Å². The zero-order valence-electron chi connectivity index (χ0n) is 17.6. The summed E-state index contributed by atoms with van der Waals surface area (Å²) in [6.07, 6.45) is 1.49. The number of carbonyl (C=O) groups is 3. The van der Waals surface area contributed by atoms with Crippen LogP contribution in [0.2, 0.25) is 5.02 Å². The highest BCUT2D eigenvalue weighted by Crippen LogP contribution is 2.61. The molecule has 0 aromatic heterocycles. The zero-order chi connectivity index (χ0) is 23.2. The summed E-state index contributed by atoms with van der Waals surface area (Å²) in [4.78, 5) is 55.0. The molecule has 10 heteroatoms. The minimum atomic E-state index is -1.33. The van der Waals surface area contributed by atoms with Crippen molar-refractivity contribution in [3.63, 3.8) is 0 Å². The third-order valence-corrected chi connectivity index (χ3v) is 7.79. The lowest BCUT2D eigenvalue weighted by Gasteiger charge is -2.36. The first-order valence-corrected chi connectivity index (χ1v) is 11.2. The highest BCUT2D eigenvalue weighted by atomic mass is 35.5. The van der Waals surface area contributed by atoms with E-state index in [-0.39, 0.29) is 23.3 Å². The normalized spacial score (nSPS) is 30.1. The van der Waals surface area contributed by atoms with Crippen LogP contribution in [-0.4, -0.2) is 40.1 Å². The molecule has 0 radical (unpaired) electrons. The number of non-ortho nitro benzene ring substituents is 1. The molecule has 4 atom stereocenters. The fourth-order valence-corrected chi connectivity index (χ4v) is 6.72. The molecule has 2 aromatic rings. The van der Waals surface area contributed by atoms with E-state index < -0.39 is 34.1 Å². The predicted molar refractivity (Wildman–Crippen MR) is 119 cm³/mol. The minimum Gasteiger partial charge on any atom is -0.323 e. The number of fused-ring (bicyclic) bond motifs is 7. The molecular weight excluding hydrogens is 448 g/mol. The summed E-state index contributed by atoms with van der Waals surface area (Å²) in [6.45, 7) is 2.46. The quantitative estimate of drug-likeness (QED) is 0.413. The molecule has 1 spiro atoms. The number of nitrogens with zero attached hydrogens (tertiary/aromatic N) is 3. The third kappa shape index (κ3) is 2.38. The number of nitro benzene ring substituents is 1. The van der Waals surface area contributed by atoms with Crippen LogP contribution < -0.4 is 10.2 Å². The van der Waals surface area contributed by atoms with Crippen LogP contribution in [0.3, 0.4) is 0 Å². The maximum Gasteiger partial charge on any atom is 0.271 e. The van der Waals surface area contributed by atoms with Crippen LogP contribution >= 0.6 is 11.6 Å². The topological polar surface area (TPSA) is 113 Å². The van der Waals surface area contributed by atoms with E-state index in [1.165, 1.54) is 24.3 Å². The molecule has 3 fully saturated rings. The molecule has 4 aliphatic heterocycles. The van der Waals surface area contributed by atoms with E-state index in [1.807, 2.05) is 17.9 Å². The molecule has 2 aromatic carbocycles. The summed E-state index contributed by atoms with van der Waals surface area (Å²) in [7, 11) is 0. The number of hydrogen-bond donors (Lipinski definition) is 1. The molecule has 33 heavy (non-hydrogen) atoms. The number of amides is 3. The predicted octanol–water partition coefficient (Wildman–Crippen LogP) is 2.99. The van der Waals surface area contributed by atoms with Crippen LogP contribution in [0.25, 0.3) is 0 Å². The zero-order valence-corrected chi connectivity index (χ0v) is 18.3. The Morgan fingerprint density at radius 1 is 1.18 bits per heavy atom. The van der Waals surface area contributed by atoms with E-state index in [0.717, 1.165) is 16.9 Å². The van der Waals surface area contributed by atoms with Gasteiger partial charge in [-0.1, -0.05) is 23.7 Å². The van der Waals surface area contributed by atoms with Crippen molar-refractivity contribution in [1.29, 1.82) is 0 Å². The summed E-state index contributed by atoms with van der Waals surface area (Å²) < 4.78 is 0. The van der Waals surface area contributed by atoms with Crippen LogP contribution in [0.4, 0.5) is 17.1 Å². The number of hydrogen-bond acceptors (Lipinski definition) is 6. The molecular formula is C23H19ClN4O5. The van der Waals surface area contributed by atoms with Crippen LogP contribution in [0.5, 0.6) is 0 Å². The van der Waals surface area contributed by atoms with E-state index in [2.05, 4.69) is 5.32 Å². The van der Waals surface area contributed by atoms with Crippen LogP contribution in [0.1, 0.15) is 24.0 Å². The number of benzene rings is 2. The summed E-state index contributed by atoms with van der Waals surface area (Å²) in [5.74, 6) is -2.94. The SMILES string of the molecule is Cc1cc(Cl)c2c(c1)C1(C(=O)N2)C2C(=O)N(c3cccc([N+](=O)[O-])c3)C(=O)C2C2CCCN21. The maximum absolute atomic E-state index is 13.9. The van der Waals surface area contributed by atoms with Gasteiger partial charge >= 0.3 is 0 Å². The first-order valence-electron chi connectivity index (χ1n) is 10.8. The second-order valence-electron chi connectivity index (χ2n) is 9.09. The highest BCUT2D eigenvalue weighted by molar-refractivity contribution is 6.35. The average Bonchev–Trinajstić information content (AvgIpc) is 3.47. The fraction of sp³-hybridized carbons (Fsp3) is 0.348. The van der Waals surface area contributed by atoms with Gasteiger partial charge in [0, 0.05) is 23.7 Å². The number of nitrogens with one attached hydrogen (secondary N) is 1. The van der Waals surface area contributed by atoms with Gasteiger partial charge in [0.25, 0.3) is 11.6 Å². The smallest absolute Gasteiger partial charge is 0.271 e. The molecule has 168 valence electrons. The van der Waals surface area contributed by atoms with Crippen molar-refractivity contribution < 1.29 is 19.3 Å². The molecule has 4 aliphatic rings. The Labute approximate surface area is 193 Å². The summed E-state index contributed by atoms with van der Waals surface area (Å²) in [6, 6.07) is 8.83. The Morgan fingerprint density at radius 2 is 1.97 bits per heavy atom. The van der Waals surface area contributed by atoms with Crippen molar-refractivity contribution in [2.45, 2.75) is 31.3 Å². The van der Waals surface area contributed by atoms with E-state index in [9.17, 15) is 24.5 Å². The number of nitro groups is 1. The Bertz CT molecular complexity index is 1300. The molecule has 9 nitrogen and oxygen atoms in total. The van der Waals surface area contributed by atoms with Crippen molar-refractivity contribution in [2.75, 3.05) is 16.8 Å². The number of halogens is 1. The van der Waals surface area contributed by atoms with Gasteiger partial charge < -0.3 is 5.32 Å². The largest absolute Gasteiger partial charge is 0.323 e.